The quantitative estimate of drug-likeness (QED) is 0.856. The highest BCUT2D eigenvalue weighted by molar-refractivity contribution is 6.43. The fourth-order valence-corrected chi connectivity index (χ4v) is 1.95. The number of aryl methyl sites for hydroxylation is 1. The summed E-state index contributed by atoms with van der Waals surface area (Å²) in [6.45, 7) is 3.84. The minimum absolute atomic E-state index is 0.500. The second kappa shape index (κ2) is 6.76. The van der Waals surface area contributed by atoms with Gasteiger partial charge in [-0.25, -0.2) is 0 Å². The Kier molecular flexibility index (Phi) is 4.78. The molecule has 5 heteroatoms. The molecular weight excluding hydrogens is 280 g/mol. The highest BCUT2D eigenvalue weighted by Crippen LogP contribution is 2.19. The van der Waals surface area contributed by atoms with E-state index in [1.165, 1.54) is 7.11 Å². The molecule has 114 valence electrons. The minimum Gasteiger partial charge on any atom is -0.497 e. The van der Waals surface area contributed by atoms with E-state index in [0.29, 0.717) is 17.1 Å². The lowest BCUT2D eigenvalue weighted by Crippen LogP contribution is -2.29. The largest absolute Gasteiger partial charge is 0.497 e. The van der Waals surface area contributed by atoms with Crippen LogP contribution in [0.15, 0.2) is 42.5 Å². The summed E-state index contributed by atoms with van der Waals surface area (Å²) < 4.78 is 5.07. The Hall–Kier alpha value is -2.82. The molecule has 0 radical (unpaired) electrons. The highest BCUT2D eigenvalue weighted by atomic mass is 16.5. The molecule has 0 saturated carbocycles. The molecule has 0 saturated heterocycles. The van der Waals surface area contributed by atoms with Crippen LogP contribution in [0.5, 0.6) is 5.75 Å². The number of nitrogens with one attached hydrogen (secondary N) is 2. The van der Waals surface area contributed by atoms with Crippen LogP contribution in [0.1, 0.15) is 11.1 Å². The van der Waals surface area contributed by atoms with Crippen molar-refractivity contribution in [2.75, 3.05) is 17.7 Å². The fraction of sp³-hybridized carbons (Fsp3) is 0.176. The van der Waals surface area contributed by atoms with Crippen molar-refractivity contribution in [1.82, 2.24) is 0 Å². The molecule has 0 aliphatic rings. The third-order valence-corrected chi connectivity index (χ3v) is 3.39. The third-order valence-electron chi connectivity index (χ3n) is 3.39. The van der Waals surface area contributed by atoms with Gasteiger partial charge in [0.05, 0.1) is 7.11 Å². The highest BCUT2D eigenvalue weighted by Gasteiger charge is 2.15. The van der Waals surface area contributed by atoms with E-state index in [0.717, 1.165) is 11.1 Å². The molecule has 0 bridgehead atoms. The van der Waals surface area contributed by atoms with E-state index in [2.05, 4.69) is 10.6 Å². The maximum Gasteiger partial charge on any atom is 0.314 e. The summed E-state index contributed by atoms with van der Waals surface area (Å²) in [4.78, 5) is 23.9. The molecule has 2 N–H and O–H groups in total. The first kappa shape index (κ1) is 15.6. The van der Waals surface area contributed by atoms with Crippen LogP contribution in [0.3, 0.4) is 0 Å². The second-order valence-electron chi connectivity index (χ2n) is 4.89. The smallest absolute Gasteiger partial charge is 0.314 e. The number of rotatable bonds is 3. The maximum atomic E-state index is 12.0. The second-order valence-corrected chi connectivity index (χ2v) is 4.89. The third kappa shape index (κ3) is 3.63. The van der Waals surface area contributed by atoms with Crippen LogP contribution in [0.2, 0.25) is 0 Å². The summed E-state index contributed by atoms with van der Waals surface area (Å²) in [5.41, 5.74) is 3.11. The first-order valence-electron chi connectivity index (χ1n) is 6.84. The van der Waals surface area contributed by atoms with Crippen molar-refractivity contribution in [3.05, 3.63) is 53.6 Å². The van der Waals surface area contributed by atoms with Gasteiger partial charge in [0.2, 0.25) is 0 Å². The van der Waals surface area contributed by atoms with Crippen LogP contribution in [0.25, 0.3) is 0 Å². The topological polar surface area (TPSA) is 67.4 Å². The fourth-order valence-electron chi connectivity index (χ4n) is 1.95. The van der Waals surface area contributed by atoms with Crippen molar-refractivity contribution in [3.63, 3.8) is 0 Å². The lowest BCUT2D eigenvalue weighted by molar-refractivity contribution is -0.133. The number of carbonyl (C=O) groups is 2. The van der Waals surface area contributed by atoms with Gasteiger partial charge in [0, 0.05) is 17.4 Å². The predicted octanol–water partition coefficient (Wildman–Crippen LogP) is 2.89. The molecular formula is C17H18N2O3. The molecule has 0 unspecified atom stereocenters. The van der Waals surface area contributed by atoms with Crippen molar-refractivity contribution in [3.8, 4) is 5.75 Å². The van der Waals surface area contributed by atoms with Crippen LogP contribution in [-0.2, 0) is 9.59 Å². The van der Waals surface area contributed by atoms with Crippen molar-refractivity contribution >= 4 is 23.2 Å². The van der Waals surface area contributed by atoms with Gasteiger partial charge < -0.3 is 15.4 Å². The van der Waals surface area contributed by atoms with E-state index < -0.39 is 11.8 Å². The summed E-state index contributed by atoms with van der Waals surface area (Å²) in [6.07, 6.45) is 0. The molecule has 0 heterocycles. The Bertz CT molecular complexity index is 711. The van der Waals surface area contributed by atoms with Crippen molar-refractivity contribution in [2.24, 2.45) is 0 Å². The van der Waals surface area contributed by atoms with Gasteiger partial charge in [-0.3, -0.25) is 9.59 Å². The lowest BCUT2D eigenvalue weighted by Gasteiger charge is -2.10. The molecule has 0 atom stereocenters. The summed E-state index contributed by atoms with van der Waals surface area (Å²) >= 11 is 0. The van der Waals surface area contributed by atoms with Crippen LogP contribution in [0.4, 0.5) is 11.4 Å². The van der Waals surface area contributed by atoms with E-state index in [-0.39, 0.29) is 0 Å². The maximum absolute atomic E-state index is 12.0. The van der Waals surface area contributed by atoms with E-state index in [4.69, 9.17) is 4.74 Å². The zero-order valence-electron chi connectivity index (χ0n) is 12.8. The van der Waals surface area contributed by atoms with E-state index in [1.54, 1.807) is 30.3 Å². The van der Waals surface area contributed by atoms with Crippen molar-refractivity contribution in [2.45, 2.75) is 13.8 Å². The normalized spacial score (nSPS) is 9.95. The van der Waals surface area contributed by atoms with Gasteiger partial charge in [-0.15, -0.1) is 0 Å². The zero-order chi connectivity index (χ0) is 16.1. The molecule has 2 aromatic rings. The number of benzene rings is 2. The van der Waals surface area contributed by atoms with Gasteiger partial charge >= 0.3 is 11.8 Å². The van der Waals surface area contributed by atoms with Gasteiger partial charge in [0.15, 0.2) is 0 Å². The first-order chi connectivity index (χ1) is 10.5. The number of anilines is 2. The molecule has 0 aliphatic carbocycles. The van der Waals surface area contributed by atoms with Gasteiger partial charge in [-0.1, -0.05) is 18.2 Å². The van der Waals surface area contributed by atoms with Crippen LogP contribution >= 0.6 is 0 Å². The Labute approximate surface area is 129 Å². The molecule has 0 fully saturated rings. The average Bonchev–Trinajstić information content (AvgIpc) is 2.52. The molecule has 0 aromatic heterocycles. The number of hydrogen-bond donors (Lipinski definition) is 2. The Morgan fingerprint density at radius 2 is 1.64 bits per heavy atom. The van der Waals surface area contributed by atoms with Gasteiger partial charge in [-0.2, -0.15) is 0 Å². The number of amides is 2. The molecule has 0 spiro atoms. The Morgan fingerprint density at radius 3 is 2.36 bits per heavy atom. The van der Waals surface area contributed by atoms with Gasteiger partial charge in [-0.05, 0) is 43.2 Å². The molecule has 5 nitrogen and oxygen atoms in total. The van der Waals surface area contributed by atoms with Crippen molar-refractivity contribution in [1.29, 1.82) is 0 Å². The lowest BCUT2D eigenvalue weighted by atomic mass is 10.1. The Morgan fingerprint density at radius 1 is 0.955 bits per heavy atom. The molecule has 2 amide bonds. The molecule has 22 heavy (non-hydrogen) atoms. The van der Waals surface area contributed by atoms with Gasteiger partial charge in [0.1, 0.15) is 5.75 Å². The molecule has 0 aliphatic heterocycles. The Balaban J connectivity index is 2.06. The molecule has 2 aromatic carbocycles. The van der Waals surface area contributed by atoms with Crippen LogP contribution < -0.4 is 15.4 Å². The van der Waals surface area contributed by atoms with E-state index in [9.17, 15) is 9.59 Å². The molecule has 2 rings (SSSR count). The summed E-state index contributed by atoms with van der Waals surface area (Å²) in [7, 11) is 1.54. The number of hydrogen-bond acceptors (Lipinski definition) is 3. The standard InChI is InChI=1S/C17H18N2O3/c1-11-6-4-9-15(12(11)2)19-17(21)16(20)18-13-7-5-8-14(10-13)22-3/h4-10H,1-3H3,(H,18,20)(H,19,21). The van der Waals surface area contributed by atoms with Crippen LogP contribution in [-0.4, -0.2) is 18.9 Å². The predicted molar refractivity (Wildman–Crippen MR) is 86.2 cm³/mol. The van der Waals surface area contributed by atoms with E-state index >= 15 is 0 Å². The number of methoxy groups -OCH3 is 1. The number of ether oxygens (including phenoxy) is 1. The minimum atomic E-state index is -0.728. The summed E-state index contributed by atoms with van der Waals surface area (Å²) in [6, 6.07) is 12.4. The first-order valence-corrected chi connectivity index (χ1v) is 6.84. The summed E-state index contributed by atoms with van der Waals surface area (Å²) in [5, 5.41) is 5.16. The van der Waals surface area contributed by atoms with Crippen LogP contribution in [0, 0.1) is 13.8 Å². The van der Waals surface area contributed by atoms with Gasteiger partial charge in [0.25, 0.3) is 0 Å². The summed E-state index contributed by atoms with van der Waals surface area (Å²) in [5.74, 6) is -0.835. The zero-order valence-corrected chi connectivity index (χ0v) is 12.8. The van der Waals surface area contributed by atoms with Crippen molar-refractivity contribution < 1.29 is 14.3 Å². The van der Waals surface area contributed by atoms with E-state index in [1.807, 2.05) is 26.0 Å². The SMILES string of the molecule is COc1cccc(NC(=O)C(=O)Nc2cccc(C)c2C)c1. The number of carbonyl (C=O) groups excluding carboxylic acids is 2. The monoisotopic (exact) mass is 298 g/mol. The average molecular weight is 298 g/mol.